The molecule has 0 bridgehead atoms. The highest BCUT2D eigenvalue weighted by atomic mass is 32.2. The summed E-state index contributed by atoms with van der Waals surface area (Å²) in [5, 5.41) is 12.2. The molecule has 1 aromatic carbocycles. The molecule has 8 nitrogen and oxygen atoms in total. The Morgan fingerprint density at radius 3 is 2.64 bits per heavy atom. The molecule has 2 N–H and O–H groups in total. The first kappa shape index (κ1) is 20.0. The van der Waals surface area contributed by atoms with Gasteiger partial charge in [-0.05, 0) is 38.3 Å². The maximum absolute atomic E-state index is 12.4. The van der Waals surface area contributed by atoms with Gasteiger partial charge in [0.15, 0.2) is 0 Å². The fourth-order valence-electron chi connectivity index (χ4n) is 3.17. The number of anilines is 2. The van der Waals surface area contributed by atoms with Crippen LogP contribution in [-0.2, 0) is 10.0 Å². The summed E-state index contributed by atoms with van der Waals surface area (Å²) in [7, 11) is -3.74. The van der Waals surface area contributed by atoms with Gasteiger partial charge in [-0.3, -0.25) is 0 Å². The van der Waals surface area contributed by atoms with E-state index in [1.165, 1.54) is 18.6 Å². The summed E-state index contributed by atoms with van der Waals surface area (Å²) >= 11 is 0. The lowest BCUT2D eigenvalue weighted by Gasteiger charge is -2.28. The molecule has 0 radical (unpaired) electrons. The second kappa shape index (κ2) is 8.99. The van der Waals surface area contributed by atoms with E-state index < -0.39 is 10.0 Å². The van der Waals surface area contributed by atoms with E-state index >= 15 is 0 Å². The number of sulfonamides is 1. The van der Waals surface area contributed by atoms with Crippen LogP contribution in [0, 0.1) is 18.3 Å². The average Bonchev–Trinajstić information content (AvgIpc) is 2.71. The number of benzene rings is 1. The molecular weight excluding hydrogens is 376 g/mol. The van der Waals surface area contributed by atoms with Crippen LogP contribution in [-0.4, -0.2) is 44.6 Å². The maximum Gasteiger partial charge on any atom is 0.241 e. The molecule has 0 aliphatic carbocycles. The van der Waals surface area contributed by atoms with Crippen molar-refractivity contribution in [3.63, 3.8) is 0 Å². The van der Waals surface area contributed by atoms with E-state index in [1.54, 1.807) is 12.1 Å². The SMILES string of the molecule is Cc1nc(NCCNS(=O)(=O)c2ccccc2C#N)cc(N2CCCCC2)n1. The molecule has 2 aromatic rings. The summed E-state index contributed by atoms with van der Waals surface area (Å²) in [4.78, 5) is 11.1. The van der Waals surface area contributed by atoms with E-state index in [2.05, 4.69) is 24.9 Å². The van der Waals surface area contributed by atoms with E-state index in [4.69, 9.17) is 5.26 Å². The molecule has 3 rings (SSSR count). The van der Waals surface area contributed by atoms with E-state index in [0.717, 1.165) is 31.7 Å². The predicted molar refractivity (Wildman–Crippen MR) is 108 cm³/mol. The molecule has 0 amide bonds. The van der Waals surface area contributed by atoms with E-state index in [0.29, 0.717) is 18.2 Å². The Kier molecular flexibility index (Phi) is 6.44. The Hall–Kier alpha value is -2.70. The van der Waals surface area contributed by atoms with Gasteiger partial charge in [-0.1, -0.05) is 12.1 Å². The van der Waals surface area contributed by atoms with Crippen LogP contribution >= 0.6 is 0 Å². The Labute approximate surface area is 165 Å². The molecule has 0 atom stereocenters. The van der Waals surface area contributed by atoms with E-state index in [9.17, 15) is 8.42 Å². The summed E-state index contributed by atoms with van der Waals surface area (Å²) in [6.45, 7) is 4.37. The maximum atomic E-state index is 12.4. The zero-order valence-electron chi connectivity index (χ0n) is 15.9. The van der Waals surface area contributed by atoms with Gasteiger partial charge in [-0.25, -0.2) is 23.1 Å². The highest BCUT2D eigenvalue weighted by Crippen LogP contribution is 2.20. The monoisotopic (exact) mass is 400 g/mol. The van der Waals surface area contributed by atoms with Crippen molar-refractivity contribution in [2.75, 3.05) is 36.4 Å². The molecule has 1 aliphatic heterocycles. The summed E-state index contributed by atoms with van der Waals surface area (Å²) < 4.78 is 27.3. The lowest BCUT2D eigenvalue weighted by atomic mass is 10.1. The number of nitrogens with one attached hydrogen (secondary N) is 2. The van der Waals surface area contributed by atoms with Gasteiger partial charge in [0, 0.05) is 32.2 Å². The third-order valence-corrected chi connectivity index (χ3v) is 6.04. The summed E-state index contributed by atoms with van der Waals surface area (Å²) in [5.74, 6) is 2.25. The summed E-state index contributed by atoms with van der Waals surface area (Å²) in [6, 6.07) is 9.95. The van der Waals surface area contributed by atoms with Crippen molar-refractivity contribution in [1.29, 1.82) is 5.26 Å². The second-order valence-corrected chi connectivity index (χ2v) is 8.37. The quantitative estimate of drug-likeness (QED) is 0.684. The topological polar surface area (TPSA) is 111 Å². The standard InChI is InChI=1S/C19H24N6O2S/c1-15-23-18(13-19(24-15)25-11-5-2-6-12-25)21-9-10-22-28(26,27)17-8-4-3-7-16(17)14-20/h3-4,7-8,13,22H,2,5-6,9-12H2,1H3,(H,21,23,24). The van der Waals surface area contributed by atoms with Gasteiger partial charge < -0.3 is 10.2 Å². The van der Waals surface area contributed by atoms with Crippen molar-refractivity contribution in [3.05, 3.63) is 41.7 Å². The minimum absolute atomic E-state index is 0.0113. The zero-order valence-corrected chi connectivity index (χ0v) is 16.7. The number of rotatable bonds is 7. The minimum atomic E-state index is -3.74. The highest BCUT2D eigenvalue weighted by Gasteiger charge is 2.17. The van der Waals surface area contributed by atoms with Crippen molar-refractivity contribution >= 4 is 21.7 Å². The van der Waals surface area contributed by atoms with Crippen LogP contribution in [0.25, 0.3) is 0 Å². The second-order valence-electron chi connectivity index (χ2n) is 6.64. The van der Waals surface area contributed by atoms with Crippen LogP contribution < -0.4 is 14.9 Å². The van der Waals surface area contributed by atoms with Gasteiger partial charge in [0.1, 0.15) is 23.5 Å². The van der Waals surface area contributed by atoms with Crippen LogP contribution in [0.2, 0.25) is 0 Å². The van der Waals surface area contributed by atoms with Gasteiger partial charge in [0.05, 0.1) is 10.5 Å². The Balaban J connectivity index is 1.59. The first-order valence-electron chi connectivity index (χ1n) is 9.33. The summed E-state index contributed by atoms with van der Waals surface area (Å²) in [6.07, 6.45) is 3.58. The lowest BCUT2D eigenvalue weighted by molar-refractivity contribution is 0.572. The molecule has 2 heterocycles. The molecule has 0 saturated carbocycles. The lowest BCUT2D eigenvalue weighted by Crippen LogP contribution is -2.31. The molecule has 28 heavy (non-hydrogen) atoms. The van der Waals surface area contributed by atoms with Gasteiger partial charge in [-0.2, -0.15) is 5.26 Å². The van der Waals surface area contributed by atoms with Crippen LogP contribution in [0.15, 0.2) is 35.2 Å². The van der Waals surface area contributed by atoms with Gasteiger partial charge in [0.2, 0.25) is 10.0 Å². The highest BCUT2D eigenvalue weighted by molar-refractivity contribution is 7.89. The largest absolute Gasteiger partial charge is 0.369 e. The Morgan fingerprint density at radius 1 is 1.14 bits per heavy atom. The molecule has 1 fully saturated rings. The number of hydrogen-bond donors (Lipinski definition) is 2. The first-order chi connectivity index (χ1) is 13.5. The smallest absolute Gasteiger partial charge is 0.241 e. The molecular formula is C19H24N6O2S. The Morgan fingerprint density at radius 2 is 1.89 bits per heavy atom. The third kappa shape index (κ3) is 4.97. The molecule has 0 spiro atoms. The van der Waals surface area contributed by atoms with Crippen LogP contribution in [0.1, 0.15) is 30.7 Å². The van der Waals surface area contributed by atoms with Crippen LogP contribution in [0.5, 0.6) is 0 Å². The molecule has 1 saturated heterocycles. The van der Waals surface area contributed by atoms with Crippen molar-refractivity contribution in [2.24, 2.45) is 0 Å². The molecule has 1 aromatic heterocycles. The summed E-state index contributed by atoms with van der Waals surface area (Å²) in [5.41, 5.74) is 0.126. The molecule has 1 aliphatic rings. The van der Waals surface area contributed by atoms with Gasteiger partial charge in [-0.15, -0.1) is 0 Å². The molecule has 148 valence electrons. The van der Waals surface area contributed by atoms with Crippen molar-refractivity contribution in [3.8, 4) is 6.07 Å². The zero-order chi connectivity index (χ0) is 20.0. The van der Waals surface area contributed by atoms with Gasteiger partial charge in [0.25, 0.3) is 0 Å². The van der Waals surface area contributed by atoms with E-state index in [-0.39, 0.29) is 17.0 Å². The fraction of sp³-hybridized carbons (Fsp3) is 0.421. The van der Waals surface area contributed by atoms with Crippen LogP contribution in [0.3, 0.4) is 0 Å². The number of aromatic nitrogens is 2. The Bertz CT molecular complexity index is 965. The van der Waals surface area contributed by atoms with Gasteiger partial charge >= 0.3 is 0 Å². The first-order valence-corrected chi connectivity index (χ1v) is 10.8. The van der Waals surface area contributed by atoms with Crippen LogP contribution in [0.4, 0.5) is 11.6 Å². The van der Waals surface area contributed by atoms with Crippen molar-refractivity contribution < 1.29 is 8.42 Å². The van der Waals surface area contributed by atoms with Crippen molar-refractivity contribution in [1.82, 2.24) is 14.7 Å². The predicted octanol–water partition coefficient (Wildman–Crippen LogP) is 2.04. The van der Waals surface area contributed by atoms with E-state index in [1.807, 2.05) is 19.1 Å². The number of nitrogens with zero attached hydrogens (tertiary/aromatic N) is 4. The molecule has 9 heteroatoms. The van der Waals surface area contributed by atoms with Crippen molar-refractivity contribution in [2.45, 2.75) is 31.1 Å². The number of nitriles is 1. The molecule has 0 unspecified atom stereocenters. The average molecular weight is 401 g/mol. The third-order valence-electron chi connectivity index (χ3n) is 4.52. The number of aryl methyl sites for hydroxylation is 1. The normalized spacial score (nSPS) is 14.5. The fourth-order valence-corrected chi connectivity index (χ4v) is 4.36. The number of hydrogen-bond acceptors (Lipinski definition) is 7. The minimum Gasteiger partial charge on any atom is -0.369 e. The number of piperidine rings is 1.